The first-order chi connectivity index (χ1) is 12.4. The number of nitrogen functional groups attached to an aromatic ring is 1. The third-order valence-corrected chi connectivity index (χ3v) is 4.47. The lowest BCUT2D eigenvalue weighted by molar-refractivity contribution is -0.129. The number of nitrogens with zero attached hydrogens (tertiary/aromatic N) is 2. The zero-order chi connectivity index (χ0) is 18.8. The van der Waals surface area contributed by atoms with Gasteiger partial charge >= 0.3 is 0 Å². The van der Waals surface area contributed by atoms with Crippen LogP contribution < -0.4 is 20.7 Å². The molecule has 1 aromatic heterocycles. The fourth-order valence-corrected chi connectivity index (χ4v) is 2.91. The van der Waals surface area contributed by atoms with E-state index in [4.69, 9.17) is 22.1 Å². The van der Waals surface area contributed by atoms with E-state index in [0.29, 0.717) is 22.9 Å². The first-order valence-electron chi connectivity index (χ1n) is 8.24. The molecule has 26 heavy (non-hydrogen) atoms. The van der Waals surface area contributed by atoms with Gasteiger partial charge in [0.1, 0.15) is 11.9 Å². The Balaban J connectivity index is 1.93. The van der Waals surface area contributed by atoms with Gasteiger partial charge < -0.3 is 15.8 Å². The molecule has 136 valence electrons. The third kappa shape index (κ3) is 3.30. The van der Waals surface area contributed by atoms with Crippen molar-refractivity contribution >= 4 is 40.7 Å². The quantitative estimate of drug-likeness (QED) is 0.857. The van der Waals surface area contributed by atoms with Gasteiger partial charge in [0.15, 0.2) is 17.7 Å². The molecule has 1 aromatic carbocycles. The SMILES string of the molecule is CCC1Oc2ccc(N)nc2N(C(C)C(=O)Nc2ccccc2Cl)C1=O. The van der Waals surface area contributed by atoms with Crippen LogP contribution in [0.25, 0.3) is 0 Å². The lowest BCUT2D eigenvalue weighted by Crippen LogP contribution is -2.53. The highest BCUT2D eigenvalue weighted by Crippen LogP contribution is 2.35. The van der Waals surface area contributed by atoms with Gasteiger partial charge in [-0.25, -0.2) is 4.98 Å². The number of amides is 2. The highest BCUT2D eigenvalue weighted by molar-refractivity contribution is 6.33. The summed E-state index contributed by atoms with van der Waals surface area (Å²) in [5, 5.41) is 3.15. The molecule has 0 saturated carbocycles. The van der Waals surface area contributed by atoms with Gasteiger partial charge in [-0.1, -0.05) is 30.7 Å². The van der Waals surface area contributed by atoms with Crippen molar-refractivity contribution in [3.63, 3.8) is 0 Å². The van der Waals surface area contributed by atoms with E-state index < -0.39 is 18.1 Å². The molecule has 2 unspecified atom stereocenters. The van der Waals surface area contributed by atoms with E-state index in [1.165, 1.54) is 4.90 Å². The van der Waals surface area contributed by atoms with Crippen LogP contribution in [0.4, 0.5) is 17.3 Å². The van der Waals surface area contributed by atoms with E-state index in [2.05, 4.69) is 10.3 Å². The lowest BCUT2D eigenvalue weighted by Gasteiger charge is -2.36. The summed E-state index contributed by atoms with van der Waals surface area (Å²) >= 11 is 6.09. The Morgan fingerprint density at radius 2 is 2.12 bits per heavy atom. The van der Waals surface area contributed by atoms with E-state index in [9.17, 15) is 9.59 Å². The molecule has 2 aromatic rings. The fraction of sp³-hybridized carbons (Fsp3) is 0.278. The molecule has 0 radical (unpaired) electrons. The van der Waals surface area contributed by atoms with Crippen LogP contribution in [-0.2, 0) is 9.59 Å². The van der Waals surface area contributed by atoms with Crippen molar-refractivity contribution in [2.45, 2.75) is 32.4 Å². The van der Waals surface area contributed by atoms with Crippen LogP contribution in [-0.4, -0.2) is 28.9 Å². The van der Waals surface area contributed by atoms with Crippen molar-refractivity contribution in [1.29, 1.82) is 0 Å². The molecule has 0 aliphatic carbocycles. The number of pyridine rings is 1. The second-order valence-corrected chi connectivity index (χ2v) is 6.33. The van der Waals surface area contributed by atoms with Crippen molar-refractivity contribution in [2.75, 3.05) is 16.0 Å². The number of hydrogen-bond acceptors (Lipinski definition) is 5. The smallest absolute Gasteiger partial charge is 0.270 e. The van der Waals surface area contributed by atoms with Crippen LogP contribution in [0.3, 0.4) is 0 Å². The second-order valence-electron chi connectivity index (χ2n) is 5.93. The molecule has 3 N–H and O–H groups in total. The largest absolute Gasteiger partial charge is 0.477 e. The number of nitrogens with two attached hydrogens (primary N) is 1. The molecule has 0 saturated heterocycles. The van der Waals surface area contributed by atoms with Gasteiger partial charge in [0.05, 0.1) is 10.7 Å². The average molecular weight is 375 g/mol. The minimum absolute atomic E-state index is 0.235. The molecule has 2 atom stereocenters. The number of para-hydroxylation sites is 1. The van der Waals surface area contributed by atoms with E-state index in [1.54, 1.807) is 43.3 Å². The van der Waals surface area contributed by atoms with Crippen LogP contribution in [0, 0.1) is 0 Å². The molecule has 1 aliphatic rings. The number of benzene rings is 1. The normalized spacial score (nSPS) is 17.3. The molecule has 3 rings (SSSR count). The van der Waals surface area contributed by atoms with Gasteiger partial charge in [0.25, 0.3) is 5.91 Å². The Kier molecular flexibility index (Phi) is 4.99. The molecule has 2 heterocycles. The monoisotopic (exact) mass is 374 g/mol. The minimum Gasteiger partial charge on any atom is -0.477 e. The maximum absolute atomic E-state index is 12.8. The Morgan fingerprint density at radius 1 is 1.38 bits per heavy atom. The number of fused-ring (bicyclic) bond motifs is 1. The van der Waals surface area contributed by atoms with E-state index in [1.807, 2.05) is 6.92 Å². The van der Waals surface area contributed by atoms with Crippen LogP contribution in [0.2, 0.25) is 5.02 Å². The summed E-state index contributed by atoms with van der Waals surface area (Å²) in [4.78, 5) is 31.1. The summed E-state index contributed by atoms with van der Waals surface area (Å²) in [7, 11) is 0. The predicted octanol–water partition coefficient (Wildman–Crippen LogP) is 2.85. The number of nitrogens with one attached hydrogen (secondary N) is 1. The summed E-state index contributed by atoms with van der Waals surface area (Å²) < 4.78 is 5.68. The third-order valence-electron chi connectivity index (χ3n) is 4.14. The molecule has 0 fully saturated rings. The molecule has 7 nitrogen and oxygen atoms in total. The number of halogens is 1. The van der Waals surface area contributed by atoms with E-state index >= 15 is 0 Å². The van der Waals surface area contributed by atoms with Gasteiger partial charge in [-0.2, -0.15) is 0 Å². The summed E-state index contributed by atoms with van der Waals surface area (Å²) in [6.07, 6.45) is -0.207. The molecule has 0 bridgehead atoms. The van der Waals surface area contributed by atoms with Gasteiger partial charge in [0, 0.05) is 0 Å². The Labute approximate surface area is 156 Å². The maximum Gasteiger partial charge on any atom is 0.270 e. The van der Waals surface area contributed by atoms with Crippen molar-refractivity contribution < 1.29 is 14.3 Å². The number of hydrogen-bond donors (Lipinski definition) is 2. The van der Waals surface area contributed by atoms with Crippen LogP contribution in [0.5, 0.6) is 5.75 Å². The summed E-state index contributed by atoms with van der Waals surface area (Å²) in [5.74, 6) is 0.168. The van der Waals surface area contributed by atoms with Crippen LogP contribution in [0.15, 0.2) is 36.4 Å². The summed E-state index contributed by atoms with van der Waals surface area (Å²) in [6.45, 7) is 3.46. The summed E-state index contributed by atoms with van der Waals surface area (Å²) in [5.41, 5.74) is 6.23. The van der Waals surface area contributed by atoms with E-state index in [-0.39, 0.29) is 17.5 Å². The van der Waals surface area contributed by atoms with Crippen LogP contribution >= 0.6 is 11.6 Å². The minimum atomic E-state index is -0.829. The van der Waals surface area contributed by atoms with E-state index in [0.717, 1.165) is 0 Å². The van der Waals surface area contributed by atoms with Crippen molar-refractivity contribution in [3.05, 3.63) is 41.4 Å². The highest BCUT2D eigenvalue weighted by Gasteiger charge is 2.39. The number of carbonyl (C=O) groups excluding carboxylic acids is 2. The fourth-order valence-electron chi connectivity index (χ4n) is 2.73. The zero-order valence-electron chi connectivity index (χ0n) is 14.4. The maximum atomic E-state index is 12.8. The standard InChI is InChI=1S/C18H19ClN4O3/c1-3-13-18(25)23(16-14(26-13)8-9-15(20)22-16)10(2)17(24)21-12-7-5-4-6-11(12)19/h4-10,13H,3H2,1-2H3,(H2,20,22)(H,21,24). The van der Waals surface area contributed by atoms with Crippen molar-refractivity contribution in [3.8, 4) is 5.75 Å². The Bertz CT molecular complexity index is 858. The molecular weight excluding hydrogens is 356 g/mol. The highest BCUT2D eigenvalue weighted by atomic mass is 35.5. The molecule has 1 aliphatic heterocycles. The average Bonchev–Trinajstić information content (AvgIpc) is 2.62. The number of carbonyl (C=O) groups is 2. The molecule has 0 spiro atoms. The van der Waals surface area contributed by atoms with Crippen molar-refractivity contribution in [2.24, 2.45) is 0 Å². The van der Waals surface area contributed by atoms with Gasteiger partial charge in [-0.3, -0.25) is 14.5 Å². The molecule has 2 amide bonds. The summed E-state index contributed by atoms with van der Waals surface area (Å²) in [6, 6.07) is 9.30. The van der Waals surface area contributed by atoms with Gasteiger partial charge in [-0.05, 0) is 37.6 Å². The number of anilines is 3. The Hall–Kier alpha value is -2.80. The number of aromatic nitrogens is 1. The van der Waals surface area contributed by atoms with Gasteiger partial charge in [0.2, 0.25) is 5.91 Å². The topological polar surface area (TPSA) is 97.6 Å². The molecular formula is C18H19ClN4O3. The number of rotatable bonds is 4. The first-order valence-corrected chi connectivity index (χ1v) is 8.61. The second kappa shape index (κ2) is 7.21. The Morgan fingerprint density at radius 3 is 2.81 bits per heavy atom. The number of ether oxygens (including phenoxy) is 1. The predicted molar refractivity (Wildman–Crippen MR) is 100 cm³/mol. The lowest BCUT2D eigenvalue weighted by atomic mass is 10.1. The zero-order valence-corrected chi connectivity index (χ0v) is 15.2. The van der Waals surface area contributed by atoms with Crippen LogP contribution in [0.1, 0.15) is 20.3 Å². The first kappa shape index (κ1) is 18.0. The van der Waals surface area contributed by atoms with Gasteiger partial charge in [-0.15, -0.1) is 0 Å². The molecule has 8 heteroatoms. The van der Waals surface area contributed by atoms with Crippen molar-refractivity contribution in [1.82, 2.24) is 4.98 Å².